The summed E-state index contributed by atoms with van der Waals surface area (Å²) in [7, 11) is 3.77. The minimum absolute atomic E-state index is 0.133. The quantitative estimate of drug-likeness (QED) is 0.536. The van der Waals surface area contributed by atoms with Crippen LogP contribution in [-0.4, -0.2) is 48.8 Å². The van der Waals surface area contributed by atoms with Gasteiger partial charge in [0.15, 0.2) is 11.5 Å². The monoisotopic (exact) mass is 408 g/mol. The number of hydrogen-bond donors (Lipinski definition) is 0. The third-order valence-electron chi connectivity index (χ3n) is 6.13. The van der Waals surface area contributed by atoms with E-state index < -0.39 is 0 Å². The van der Waals surface area contributed by atoms with E-state index in [1.807, 2.05) is 12.1 Å². The second-order valence-corrected chi connectivity index (χ2v) is 8.13. The predicted octanol–water partition coefficient (Wildman–Crippen LogP) is 3.75. The number of hydrogen-bond acceptors (Lipinski definition) is 6. The Labute approximate surface area is 177 Å². The number of benzene rings is 1. The molecule has 2 aliphatic rings. The number of ether oxygens (including phenoxy) is 3. The number of aromatic nitrogens is 1. The van der Waals surface area contributed by atoms with Crippen molar-refractivity contribution in [1.29, 1.82) is 0 Å². The second kappa shape index (κ2) is 8.11. The average Bonchev–Trinajstić information content (AvgIpc) is 3.07. The number of carbonyl (C=O) groups excluding carboxylic acids is 1. The van der Waals surface area contributed by atoms with Crippen molar-refractivity contribution in [3.8, 4) is 11.5 Å². The van der Waals surface area contributed by atoms with Crippen molar-refractivity contribution < 1.29 is 19.0 Å². The summed E-state index contributed by atoms with van der Waals surface area (Å²) in [5.74, 6) is 1.16. The second-order valence-electron chi connectivity index (χ2n) is 8.13. The van der Waals surface area contributed by atoms with Crippen LogP contribution in [0.25, 0.3) is 0 Å². The van der Waals surface area contributed by atoms with Gasteiger partial charge in [-0.3, -0.25) is 4.98 Å². The fourth-order valence-electron chi connectivity index (χ4n) is 4.29. The Morgan fingerprint density at radius 1 is 1.37 bits per heavy atom. The van der Waals surface area contributed by atoms with E-state index in [1.54, 1.807) is 25.4 Å². The van der Waals surface area contributed by atoms with Crippen LogP contribution in [-0.2, 0) is 16.7 Å². The van der Waals surface area contributed by atoms with E-state index in [2.05, 4.69) is 42.9 Å². The molecule has 0 radical (unpaired) electrons. The Kier molecular flexibility index (Phi) is 5.52. The van der Waals surface area contributed by atoms with Gasteiger partial charge in [-0.25, -0.2) is 4.79 Å². The number of esters is 1. The van der Waals surface area contributed by atoms with E-state index in [0.717, 1.165) is 24.6 Å². The van der Waals surface area contributed by atoms with Crippen molar-refractivity contribution in [3.63, 3.8) is 0 Å². The molecule has 4 rings (SSSR count). The highest BCUT2D eigenvalue weighted by Gasteiger charge is 2.49. The molecule has 0 N–H and O–H groups in total. The fraction of sp³-hybridized carbons (Fsp3) is 0.417. The van der Waals surface area contributed by atoms with Crippen LogP contribution in [0.5, 0.6) is 11.5 Å². The summed E-state index contributed by atoms with van der Waals surface area (Å²) in [5.41, 5.74) is 2.54. The van der Waals surface area contributed by atoms with E-state index in [9.17, 15) is 4.79 Å². The summed E-state index contributed by atoms with van der Waals surface area (Å²) in [4.78, 5) is 18.7. The van der Waals surface area contributed by atoms with Gasteiger partial charge in [-0.15, -0.1) is 0 Å². The van der Waals surface area contributed by atoms with Gasteiger partial charge >= 0.3 is 5.97 Å². The largest absolute Gasteiger partial charge is 0.493 e. The molecule has 2 aromatic rings. The zero-order chi connectivity index (χ0) is 21.3. The van der Waals surface area contributed by atoms with Crippen molar-refractivity contribution in [2.45, 2.75) is 44.4 Å². The zero-order valence-corrected chi connectivity index (χ0v) is 17.9. The van der Waals surface area contributed by atoms with E-state index in [4.69, 9.17) is 14.2 Å². The number of nitrogens with zero attached hydrogens (tertiary/aromatic N) is 2. The molecule has 0 spiro atoms. The average molecular weight is 408 g/mol. The highest BCUT2D eigenvalue weighted by Crippen LogP contribution is 2.53. The summed E-state index contributed by atoms with van der Waals surface area (Å²) in [5, 5.41) is 0. The zero-order valence-electron chi connectivity index (χ0n) is 17.9. The van der Waals surface area contributed by atoms with Crippen LogP contribution in [0.15, 0.2) is 48.8 Å². The standard InChI is InChI=1S/C24H28N2O4/c1-5-26(3)15-17-8-9-19(28-4)22-21(17)24(2)11-10-18(13-20(24)30-22)29-23(27)16-7-6-12-25-14-16/h6-12,14,18,20H,5,13,15H2,1-4H3/t18-,20-,24+/m0/s1. The molecule has 0 fully saturated rings. The third kappa shape index (κ3) is 3.56. The SMILES string of the molecule is CCN(C)Cc1ccc(OC)c2c1[C@]1(C)C=C[C@H](OC(=O)c3cccnc3)C[C@@H]1O2. The van der Waals surface area contributed by atoms with Gasteiger partial charge in [0.2, 0.25) is 0 Å². The molecule has 0 saturated heterocycles. The van der Waals surface area contributed by atoms with Crippen LogP contribution in [0.2, 0.25) is 0 Å². The molecule has 6 nitrogen and oxygen atoms in total. The Morgan fingerprint density at radius 3 is 2.90 bits per heavy atom. The molecule has 0 amide bonds. The van der Waals surface area contributed by atoms with Gasteiger partial charge in [-0.05, 0) is 50.4 Å². The summed E-state index contributed by atoms with van der Waals surface area (Å²) in [6, 6.07) is 7.53. The van der Waals surface area contributed by atoms with Crippen molar-refractivity contribution in [2.24, 2.45) is 0 Å². The number of pyridine rings is 1. The lowest BCUT2D eigenvalue weighted by Gasteiger charge is -2.34. The van der Waals surface area contributed by atoms with Crippen LogP contribution >= 0.6 is 0 Å². The Hall–Kier alpha value is -2.86. The first-order valence-corrected chi connectivity index (χ1v) is 10.3. The van der Waals surface area contributed by atoms with Crippen molar-refractivity contribution in [3.05, 3.63) is 65.5 Å². The molecular formula is C24H28N2O4. The fourth-order valence-corrected chi connectivity index (χ4v) is 4.29. The number of rotatable bonds is 6. The van der Waals surface area contributed by atoms with Crippen LogP contribution in [0, 0.1) is 0 Å². The molecule has 1 aliphatic carbocycles. The predicted molar refractivity (Wildman–Crippen MR) is 114 cm³/mol. The summed E-state index contributed by atoms with van der Waals surface area (Å²) >= 11 is 0. The molecule has 6 heteroatoms. The molecule has 0 unspecified atom stereocenters. The molecule has 0 saturated carbocycles. The van der Waals surface area contributed by atoms with Gasteiger partial charge in [-0.1, -0.05) is 19.1 Å². The first-order valence-electron chi connectivity index (χ1n) is 10.3. The van der Waals surface area contributed by atoms with Gasteiger partial charge in [-0.2, -0.15) is 0 Å². The Balaban J connectivity index is 1.62. The van der Waals surface area contributed by atoms with E-state index in [0.29, 0.717) is 12.0 Å². The lowest BCUT2D eigenvalue weighted by atomic mass is 9.72. The van der Waals surface area contributed by atoms with Crippen LogP contribution in [0.4, 0.5) is 0 Å². The van der Waals surface area contributed by atoms with Gasteiger partial charge < -0.3 is 19.1 Å². The molecular weight excluding hydrogens is 380 g/mol. The number of methoxy groups -OCH3 is 1. The lowest BCUT2D eigenvalue weighted by Crippen LogP contribution is -2.41. The highest BCUT2D eigenvalue weighted by atomic mass is 16.6. The van der Waals surface area contributed by atoms with Crippen molar-refractivity contribution in [1.82, 2.24) is 9.88 Å². The van der Waals surface area contributed by atoms with Gasteiger partial charge in [0, 0.05) is 30.9 Å². The molecule has 2 heterocycles. The topological polar surface area (TPSA) is 60.9 Å². The van der Waals surface area contributed by atoms with Gasteiger partial charge in [0.05, 0.1) is 18.1 Å². The van der Waals surface area contributed by atoms with Gasteiger partial charge in [0.25, 0.3) is 0 Å². The lowest BCUT2D eigenvalue weighted by molar-refractivity contribution is 0.0237. The molecule has 1 aliphatic heterocycles. The molecule has 3 atom stereocenters. The van der Waals surface area contributed by atoms with E-state index >= 15 is 0 Å². The Bertz CT molecular complexity index is 959. The number of carbonyl (C=O) groups is 1. The summed E-state index contributed by atoms with van der Waals surface area (Å²) in [6.45, 7) is 6.13. The highest BCUT2D eigenvalue weighted by molar-refractivity contribution is 5.89. The van der Waals surface area contributed by atoms with Crippen molar-refractivity contribution in [2.75, 3.05) is 20.7 Å². The molecule has 158 valence electrons. The number of fused-ring (bicyclic) bond motifs is 3. The Morgan fingerprint density at radius 2 is 2.20 bits per heavy atom. The molecule has 30 heavy (non-hydrogen) atoms. The maximum atomic E-state index is 12.4. The maximum absolute atomic E-state index is 12.4. The van der Waals surface area contributed by atoms with Gasteiger partial charge in [0.1, 0.15) is 12.2 Å². The normalized spacial score (nSPS) is 24.2. The molecule has 1 aromatic carbocycles. The molecule has 1 aromatic heterocycles. The first-order chi connectivity index (χ1) is 14.5. The minimum atomic E-state index is -0.375. The van der Waals surface area contributed by atoms with Crippen LogP contribution in [0.1, 0.15) is 41.8 Å². The third-order valence-corrected chi connectivity index (χ3v) is 6.13. The van der Waals surface area contributed by atoms with E-state index in [-0.39, 0.29) is 23.6 Å². The van der Waals surface area contributed by atoms with Crippen LogP contribution in [0.3, 0.4) is 0 Å². The molecule has 0 bridgehead atoms. The maximum Gasteiger partial charge on any atom is 0.340 e. The van der Waals surface area contributed by atoms with Crippen LogP contribution < -0.4 is 9.47 Å². The van der Waals surface area contributed by atoms with Crippen molar-refractivity contribution >= 4 is 5.97 Å². The summed E-state index contributed by atoms with van der Waals surface area (Å²) in [6.07, 6.45) is 7.36. The first kappa shape index (κ1) is 20.4. The van der Waals surface area contributed by atoms with E-state index in [1.165, 1.54) is 17.3 Å². The summed E-state index contributed by atoms with van der Waals surface area (Å²) < 4.78 is 17.7. The minimum Gasteiger partial charge on any atom is -0.493 e. The smallest absolute Gasteiger partial charge is 0.340 e.